The lowest BCUT2D eigenvalue weighted by Crippen LogP contribution is -2.11. The van der Waals surface area contributed by atoms with Gasteiger partial charge >= 0.3 is 0 Å². The first kappa shape index (κ1) is 13.6. The number of ether oxygens (including phenoxy) is 2. The van der Waals surface area contributed by atoms with Gasteiger partial charge in [-0.2, -0.15) is 0 Å². The second-order valence-corrected chi connectivity index (χ2v) is 4.79. The minimum Gasteiger partial charge on any atom is -0.493 e. The standard InChI is InChI=1S/C15H13BrO3/c1-18-14-8-7-12(16)9-15(14)19-10-13(17)11-5-3-2-4-6-11/h2-9H,10H2,1H3. The molecule has 0 saturated heterocycles. The summed E-state index contributed by atoms with van der Waals surface area (Å²) in [6.45, 7) is -0.0170. The van der Waals surface area contributed by atoms with Crippen LogP contribution in [0.25, 0.3) is 0 Å². The molecule has 0 amide bonds. The molecule has 0 spiro atoms. The van der Waals surface area contributed by atoms with E-state index in [4.69, 9.17) is 9.47 Å². The molecule has 0 atom stereocenters. The Balaban J connectivity index is 2.07. The van der Waals surface area contributed by atoms with Gasteiger partial charge in [0.2, 0.25) is 0 Å². The summed E-state index contributed by atoms with van der Waals surface area (Å²) < 4.78 is 11.6. The minimum absolute atomic E-state index is 0.0170. The predicted octanol–water partition coefficient (Wildman–Crippen LogP) is 3.72. The molecule has 0 aliphatic carbocycles. The third kappa shape index (κ3) is 3.58. The van der Waals surface area contributed by atoms with Crippen molar-refractivity contribution < 1.29 is 14.3 Å². The molecule has 0 heterocycles. The summed E-state index contributed by atoms with van der Waals surface area (Å²) in [5, 5.41) is 0. The molecule has 0 aliphatic rings. The van der Waals surface area contributed by atoms with E-state index in [1.807, 2.05) is 24.3 Å². The lowest BCUT2D eigenvalue weighted by Gasteiger charge is -2.10. The largest absolute Gasteiger partial charge is 0.493 e. The van der Waals surface area contributed by atoms with Crippen LogP contribution in [0, 0.1) is 0 Å². The molecular formula is C15H13BrO3. The molecule has 3 nitrogen and oxygen atoms in total. The van der Waals surface area contributed by atoms with E-state index in [9.17, 15) is 4.79 Å². The van der Waals surface area contributed by atoms with E-state index < -0.39 is 0 Å². The maximum absolute atomic E-state index is 11.9. The van der Waals surface area contributed by atoms with Crippen molar-refractivity contribution in [3.05, 3.63) is 58.6 Å². The summed E-state index contributed by atoms with van der Waals surface area (Å²) in [7, 11) is 1.56. The third-order valence-corrected chi connectivity index (χ3v) is 3.07. The van der Waals surface area contributed by atoms with Crippen molar-refractivity contribution >= 4 is 21.7 Å². The molecule has 0 saturated carbocycles. The maximum atomic E-state index is 11.9. The van der Waals surface area contributed by atoms with Crippen LogP contribution in [0.1, 0.15) is 10.4 Å². The SMILES string of the molecule is COc1ccc(Br)cc1OCC(=O)c1ccccc1. The normalized spacial score (nSPS) is 10.0. The van der Waals surface area contributed by atoms with Crippen LogP contribution in [-0.4, -0.2) is 19.5 Å². The zero-order valence-electron chi connectivity index (χ0n) is 10.4. The quantitative estimate of drug-likeness (QED) is 0.788. The molecule has 2 aromatic carbocycles. The molecule has 4 heteroatoms. The van der Waals surface area contributed by atoms with Gasteiger partial charge in [-0.25, -0.2) is 0 Å². The van der Waals surface area contributed by atoms with Crippen molar-refractivity contribution in [2.45, 2.75) is 0 Å². The summed E-state index contributed by atoms with van der Waals surface area (Å²) in [5.74, 6) is 1.08. The van der Waals surface area contributed by atoms with Crippen LogP contribution in [0.4, 0.5) is 0 Å². The monoisotopic (exact) mass is 320 g/mol. The van der Waals surface area contributed by atoms with Gasteiger partial charge in [0.1, 0.15) is 0 Å². The molecule has 0 fully saturated rings. The fraction of sp³-hybridized carbons (Fsp3) is 0.133. The molecule has 0 bridgehead atoms. The molecule has 0 unspecified atom stereocenters. The Kier molecular flexibility index (Phi) is 4.58. The van der Waals surface area contributed by atoms with Crippen molar-refractivity contribution in [2.24, 2.45) is 0 Å². The van der Waals surface area contributed by atoms with Crippen molar-refractivity contribution in [2.75, 3.05) is 13.7 Å². The number of benzene rings is 2. The van der Waals surface area contributed by atoms with Crippen molar-refractivity contribution in [1.82, 2.24) is 0 Å². The average molecular weight is 321 g/mol. The summed E-state index contributed by atoms with van der Waals surface area (Å²) in [6.07, 6.45) is 0. The number of carbonyl (C=O) groups excluding carboxylic acids is 1. The Hall–Kier alpha value is -1.81. The van der Waals surface area contributed by atoms with Crippen molar-refractivity contribution in [1.29, 1.82) is 0 Å². The van der Waals surface area contributed by atoms with E-state index in [2.05, 4.69) is 15.9 Å². The first-order valence-electron chi connectivity index (χ1n) is 5.75. The third-order valence-electron chi connectivity index (χ3n) is 2.58. The average Bonchev–Trinajstić information content (AvgIpc) is 2.46. The van der Waals surface area contributed by atoms with Crippen LogP contribution < -0.4 is 9.47 Å². The van der Waals surface area contributed by atoms with Crippen LogP contribution in [0.5, 0.6) is 11.5 Å². The molecule has 0 aromatic heterocycles. The Morgan fingerprint density at radius 3 is 2.53 bits per heavy atom. The number of carbonyl (C=O) groups is 1. The second-order valence-electron chi connectivity index (χ2n) is 3.87. The zero-order valence-corrected chi connectivity index (χ0v) is 12.0. The van der Waals surface area contributed by atoms with Crippen molar-refractivity contribution in [3.8, 4) is 11.5 Å². The van der Waals surface area contributed by atoms with Gasteiger partial charge in [0.05, 0.1) is 7.11 Å². The number of halogens is 1. The Morgan fingerprint density at radius 2 is 1.84 bits per heavy atom. The number of methoxy groups -OCH3 is 1. The van der Waals surface area contributed by atoms with Gasteiger partial charge < -0.3 is 9.47 Å². The van der Waals surface area contributed by atoms with E-state index in [0.29, 0.717) is 17.1 Å². The maximum Gasteiger partial charge on any atom is 0.200 e. The first-order chi connectivity index (χ1) is 9.20. The number of ketones is 1. The number of rotatable bonds is 5. The molecule has 98 valence electrons. The van der Waals surface area contributed by atoms with E-state index >= 15 is 0 Å². The van der Waals surface area contributed by atoms with Gasteiger partial charge in [-0.3, -0.25) is 4.79 Å². The molecule has 0 aliphatic heterocycles. The molecule has 2 rings (SSSR count). The Bertz CT molecular complexity index is 567. The van der Waals surface area contributed by atoms with Gasteiger partial charge in [0, 0.05) is 10.0 Å². The molecular weight excluding hydrogens is 308 g/mol. The van der Waals surface area contributed by atoms with Crippen LogP contribution in [0.15, 0.2) is 53.0 Å². The first-order valence-corrected chi connectivity index (χ1v) is 6.54. The van der Waals surface area contributed by atoms with E-state index in [1.54, 1.807) is 31.4 Å². The molecule has 2 aromatic rings. The summed E-state index contributed by atoms with van der Waals surface area (Å²) in [6, 6.07) is 14.5. The highest BCUT2D eigenvalue weighted by molar-refractivity contribution is 9.10. The summed E-state index contributed by atoms with van der Waals surface area (Å²) in [4.78, 5) is 11.9. The highest BCUT2D eigenvalue weighted by Gasteiger charge is 2.09. The van der Waals surface area contributed by atoms with E-state index in [0.717, 1.165) is 4.47 Å². The minimum atomic E-state index is -0.0670. The van der Waals surface area contributed by atoms with Crippen LogP contribution >= 0.6 is 15.9 Å². The van der Waals surface area contributed by atoms with Crippen LogP contribution in [0.3, 0.4) is 0 Å². The summed E-state index contributed by atoms with van der Waals surface area (Å²) in [5.41, 5.74) is 0.636. The van der Waals surface area contributed by atoms with Crippen LogP contribution in [0.2, 0.25) is 0 Å². The zero-order chi connectivity index (χ0) is 13.7. The Labute approximate surface area is 120 Å². The van der Waals surface area contributed by atoms with Gasteiger partial charge in [-0.1, -0.05) is 46.3 Å². The van der Waals surface area contributed by atoms with Gasteiger partial charge in [0.25, 0.3) is 0 Å². The van der Waals surface area contributed by atoms with Crippen molar-refractivity contribution in [3.63, 3.8) is 0 Å². The Morgan fingerprint density at radius 1 is 1.11 bits per heavy atom. The fourth-order valence-electron chi connectivity index (χ4n) is 1.61. The molecule has 0 N–H and O–H groups in total. The molecule has 19 heavy (non-hydrogen) atoms. The predicted molar refractivity (Wildman–Crippen MR) is 77.0 cm³/mol. The second kappa shape index (κ2) is 6.38. The fourth-order valence-corrected chi connectivity index (χ4v) is 1.95. The number of hydrogen-bond donors (Lipinski definition) is 0. The van der Waals surface area contributed by atoms with Crippen LogP contribution in [-0.2, 0) is 0 Å². The van der Waals surface area contributed by atoms with E-state index in [1.165, 1.54) is 0 Å². The lowest BCUT2D eigenvalue weighted by molar-refractivity contribution is 0.0919. The van der Waals surface area contributed by atoms with Gasteiger partial charge in [-0.05, 0) is 18.2 Å². The number of Topliss-reactive ketones (excluding diaryl/α,β-unsaturated/α-hetero) is 1. The van der Waals surface area contributed by atoms with E-state index in [-0.39, 0.29) is 12.4 Å². The highest BCUT2D eigenvalue weighted by Crippen LogP contribution is 2.30. The van der Waals surface area contributed by atoms with Gasteiger partial charge in [-0.15, -0.1) is 0 Å². The summed E-state index contributed by atoms with van der Waals surface area (Å²) >= 11 is 3.36. The van der Waals surface area contributed by atoms with Gasteiger partial charge in [0.15, 0.2) is 23.9 Å². The smallest absolute Gasteiger partial charge is 0.200 e. The highest BCUT2D eigenvalue weighted by atomic mass is 79.9. The molecule has 0 radical (unpaired) electrons. The topological polar surface area (TPSA) is 35.5 Å². The number of hydrogen-bond acceptors (Lipinski definition) is 3. The lowest BCUT2D eigenvalue weighted by atomic mass is 10.1.